The Morgan fingerprint density at radius 2 is 1.79 bits per heavy atom. The van der Waals surface area contributed by atoms with E-state index in [4.69, 9.17) is 16.3 Å². The van der Waals surface area contributed by atoms with Crippen LogP contribution in [0.2, 0.25) is 5.02 Å². The third-order valence-corrected chi connectivity index (χ3v) is 9.16. The number of nitrogens with zero attached hydrogens (tertiary/aromatic N) is 3. The molecule has 0 N–H and O–H groups in total. The van der Waals surface area contributed by atoms with Crippen molar-refractivity contribution in [1.82, 2.24) is 9.21 Å². The van der Waals surface area contributed by atoms with Crippen LogP contribution in [0.25, 0.3) is 0 Å². The first-order valence-electron chi connectivity index (χ1n) is 11.7. The summed E-state index contributed by atoms with van der Waals surface area (Å²) in [5, 5.41) is 0.245. The molecule has 34 heavy (non-hydrogen) atoms. The maximum absolute atomic E-state index is 13.3. The number of benzene rings is 2. The van der Waals surface area contributed by atoms with Crippen LogP contribution in [0.1, 0.15) is 24.0 Å². The summed E-state index contributed by atoms with van der Waals surface area (Å²) in [7, 11) is -2.26. The van der Waals surface area contributed by atoms with Crippen LogP contribution in [-0.4, -0.2) is 69.9 Å². The van der Waals surface area contributed by atoms with Gasteiger partial charge >= 0.3 is 0 Å². The summed E-state index contributed by atoms with van der Waals surface area (Å²) >= 11 is 6.16. The second-order valence-corrected chi connectivity index (χ2v) is 11.4. The van der Waals surface area contributed by atoms with Gasteiger partial charge in [-0.15, -0.1) is 0 Å². The van der Waals surface area contributed by atoms with Gasteiger partial charge in [-0.1, -0.05) is 23.7 Å². The smallest absolute Gasteiger partial charge is 0.243 e. The van der Waals surface area contributed by atoms with Gasteiger partial charge in [-0.05, 0) is 62.1 Å². The van der Waals surface area contributed by atoms with Crippen molar-refractivity contribution < 1.29 is 17.9 Å². The third-order valence-electron chi connectivity index (χ3n) is 7.00. The quantitative estimate of drug-likeness (QED) is 0.619. The number of amides is 1. The van der Waals surface area contributed by atoms with Crippen LogP contribution in [-0.2, 0) is 14.8 Å². The number of piperidine rings is 1. The minimum absolute atomic E-state index is 0.0493. The number of piperazine rings is 1. The van der Waals surface area contributed by atoms with E-state index in [0.717, 1.165) is 13.1 Å². The Bertz CT molecular complexity index is 1160. The monoisotopic (exact) mass is 505 g/mol. The first-order valence-corrected chi connectivity index (χ1v) is 13.5. The summed E-state index contributed by atoms with van der Waals surface area (Å²) in [4.78, 5) is 17.7. The number of hydrogen-bond donors (Lipinski definition) is 0. The molecule has 2 aliphatic heterocycles. The van der Waals surface area contributed by atoms with Crippen molar-refractivity contribution in [2.24, 2.45) is 5.92 Å². The standard InChI is InChI=1S/C25H32ClN3O4S/c1-18-6-4-8-23(19(18)2)27-12-14-28(15-13-27)25(30)20-7-5-11-29(17-20)34(31,32)21-9-10-24(33-3)22(26)16-21/h4,6,8-10,16,20H,5,7,11-15,17H2,1-3H3/t20-/m1/s1. The molecule has 2 aromatic carbocycles. The zero-order valence-corrected chi connectivity index (χ0v) is 21.5. The summed E-state index contributed by atoms with van der Waals surface area (Å²) in [6.07, 6.45) is 1.35. The maximum atomic E-state index is 13.3. The van der Waals surface area contributed by atoms with E-state index in [2.05, 4.69) is 36.9 Å². The highest BCUT2D eigenvalue weighted by Crippen LogP contribution is 2.31. The van der Waals surface area contributed by atoms with E-state index in [0.29, 0.717) is 38.2 Å². The fourth-order valence-electron chi connectivity index (χ4n) is 4.82. The number of anilines is 1. The number of aryl methyl sites for hydroxylation is 1. The zero-order valence-electron chi connectivity index (χ0n) is 20.0. The molecule has 0 saturated carbocycles. The lowest BCUT2D eigenvalue weighted by Crippen LogP contribution is -2.53. The summed E-state index contributed by atoms with van der Waals surface area (Å²) < 4.78 is 33.0. The molecule has 2 aromatic rings. The van der Waals surface area contributed by atoms with Crippen molar-refractivity contribution in [3.05, 3.63) is 52.5 Å². The summed E-state index contributed by atoms with van der Waals surface area (Å²) in [6.45, 7) is 7.67. The number of hydrogen-bond acceptors (Lipinski definition) is 5. The van der Waals surface area contributed by atoms with Gasteiger partial charge < -0.3 is 14.5 Å². The number of carbonyl (C=O) groups is 1. The molecule has 4 rings (SSSR count). The molecule has 0 unspecified atom stereocenters. The van der Waals surface area contributed by atoms with E-state index in [1.807, 2.05) is 4.90 Å². The van der Waals surface area contributed by atoms with Crippen LogP contribution in [0, 0.1) is 19.8 Å². The molecule has 2 saturated heterocycles. The Morgan fingerprint density at radius 3 is 2.47 bits per heavy atom. The number of sulfonamides is 1. The third kappa shape index (κ3) is 4.90. The van der Waals surface area contributed by atoms with Gasteiger partial charge in [0.15, 0.2) is 0 Å². The van der Waals surface area contributed by atoms with Crippen LogP contribution in [0.5, 0.6) is 5.75 Å². The zero-order chi connectivity index (χ0) is 24.5. The molecule has 0 spiro atoms. The highest BCUT2D eigenvalue weighted by atomic mass is 35.5. The molecule has 1 atom stereocenters. The molecule has 9 heteroatoms. The van der Waals surface area contributed by atoms with Crippen LogP contribution in [0.4, 0.5) is 5.69 Å². The van der Waals surface area contributed by atoms with E-state index in [1.165, 1.54) is 40.4 Å². The topological polar surface area (TPSA) is 70.2 Å². The van der Waals surface area contributed by atoms with Crippen LogP contribution in [0.15, 0.2) is 41.3 Å². The normalized spacial score (nSPS) is 19.8. The second kappa shape index (κ2) is 10.1. The Balaban J connectivity index is 1.41. The van der Waals surface area contributed by atoms with Gasteiger partial charge in [0.1, 0.15) is 5.75 Å². The predicted molar refractivity (Wildman–Crippen MR) is 134 cm³/mol. The van der Waals surface area contributed by atoms with E-state index in [1.54, 1.807) is 6.07 Å². The first kappa shape index (κ1) is 24.8. The molecule has 2 fully saturated rings. The van der Waals surface area contributed by atoms with Crippen LogP contribution in [0.3, 0.4) is 0 Å². The number of ether oxygens (including phenoxy) is 1. The van der Waals surface area contributed by atoms with Gasteiger partial charge in [0.25, 0.3) is 0 Å². The average Bonchev–Trinajstić information content (AvgIpc) is 2.85. The van der Waals surface area contributed by atoms with Gasteiger partial charge in [0.2, 0.25) is 15.9 Å². The Kier molecular flexibility index (Phi) is 7.40. The van der Waals surface area contributed by atoms with Gasteiger partial charge in [0, 0.05) is 45.0 Å². The molecular weight excluding hydrogens is 474 g/mol. The molecule has 0 aliphatic carbocycles. The number of methoxy groups -OCH3 is 1. The van der Waals surface area contributed by atoms with Crippen LogP contribution >= 0.6 is 11.6 Å². The van der Waals surface area contributed by atoms with Crippen molar-refractivity contribution in [3.8, 4) is 5.75 Å². The van der Waals surface area contributed by atoms with E-state index >= 15 is 0 Å². The van der Waals surface area contributed by atoms with Crippen molar-refractivity contribution in [2.75, 3.05) is 51.3 Å². The largest absolute Gasteiger partial charge is 0.495 e. The summed E-state index contributed by atoms with van der Waals surface area (Å²) in [5.74, 6) is 0.144. The Hall–Kier alpha value is -2.29. The fraction of sp³-hybridized carbons (Fsp3) is 0.480. The minimum Gasteiger partial charge on any atom is -0.495 e. The molecule has 0 radical (unpaired) electrons. The highest BCUT2D eigenvalue weighted by Gasteiger charge is 2.36. The number of halogens is 1. The van der Waals surface area contributed by atoms with Crippen molar-refractivity contribution in [3.63, 3.8) is 0 Å². The molecular formula is C25H32ClN3O4S. The van der Waals surface area contributed by atoms with Crippen molar-refractivity contribution in [2.45, 2.75) is 31.6 Å². The van der Waals surface area contributed by atoms with Crippen molar-refractivity contribution >= 4 is 33.2 Å². The first-order chi connectivity index (χ1) is 16.2. The highest BCUT2D eigenvalue weighted by molar-refractivity contribution is 7.89. The fourth-order valence-corrected chi connectivity index (χ4v) is 6.70. The molecule has 1 amide bonds. The maximum Gasteiger partial charge on any atom is 0.243 e. The second-order valence-electron chi connectivity index (χ2n) is 9.03. The van der Waals surface area contributed by atoms with E-state index in [-0.39, 0.29) is 28.3 Å². The molecule has 184 valence electrons. The average molecular weight is 506 g/mol. The minimum atomic E-state index is -3.75. The molecule has 0 bridgehead atoms. The SMILES string of the molecule is COc1ccc(S(=O)(=O)N2CCC[C@@H](C(=O)N3CCN(c4cccc(C)c4C)CC3)C2)cc1Cl. The Labute approximate surface area is 207 Å². The number of carbonyl (C=O) groups excluding carboxylic acids is 1. The van der Waals surface area contributed by atoms with Gasteiger partial charge in [0.05, 0.1) is 22.9 Å². The molecule has 7 nitrogen and oxygen atoms in total. The predicted octanol–water partition coefficient (Wildman–Crippen LogP) is 3.71. The van der Waals surface area contributed by atoms with Gasteiger partial charge in [-0.2, -0.15) is 4.31 Å². The van der Waals surface area contributed by atoms with Gasteiger partial charge in [-0.3, -0.25) is 4.79 Å². The van der Waals surface area contributed by atoms with Crippen LogP contribution < -0.4 is 9.64 Å². The van der Waals surface area contributed by atoms with Gasteiger partial charge in [-0.25, -0.2) is 8.42 Å². The summed E-state index contributed by atoms with van der Waals surface area (Å²) in [5.41, 5.74) is 3.76. The van der Waals surface area contributed by atoms with E-state index in [9.17, 15) is 13.2 Å². The lowest BCUT2D eigenvalue weighted by atomic mass is 9.97. The Morgan fingerprint density at radius 1 is 1.06 bits per heavy atom. The summed E-state index contributed by atoms with van der Waals surface area (Å²) in [6, 6.07) is 10.8. The lowest BCUT2D eigenvalue weighted by Gasteiger charge is -2.40. The lowest BCUT2D eigenvalue weighted by molar-refractivity contribution is -0.137. The van der Waals surface area contributed by atoms with E-state index < -0.39 is 10.0 Å². The molecule has 2 heterocycles. The molecule has 0 aromatic heterocycles. The van der Waals surface area contributed by atoms with Crippen molar-refractivity contribution in [1.29, 1.82) is 0 Å². The number of rotatable bonds is 5. The molecule has 2 aliphatic rings.